The van der Waals surface area contributed by atoms with Crippen molar-refractivity contribution in [2.75, 3.05) is 7.11 Å². The van der Waals surface area contributed by atoms with E-state index in [4.69, 9.17) is 9.15 Å². The molecule has 0 saturated heterocycles. The van der Waals surface area contributed by atoms with Gasteiger partial charge in [-0.2, -0.15) is 0 Å². The Balaban J connectivity index is 1.80. The average Bonchev–Trinajstić information content (AvgIpc) is 3.34. The molecule has 1 N–H and O–H groups in total. The number of thiophene rings is 1. The van der Waals surface area contributed by atoms with Crippen LogP contribution in [0.15, 0.2) is 40.3 Å². The lowest BCUT2D eigenvalue weighted by Crippen LogP contribution is -2.30. The summed E-state index contributed by atoms with van der Waals surface area (Å²) in [7, 11) is 1.33. The third-order valence-electron chi connectivity index (χ3n) is 3.53. The predicted octanol–water partition coefficient (Wildman–Crippen LogP) is 3.81. The van der Waals surface area contributed by atoms with Gasteiger partial charge in [0.15, 0.2) is 10.8 Å². The lowest BCUT2D eigenvalue weighted by Gasteiger charge is -2.15. The van der Waals surface area contributed by atoms with Gasteiger partial charge < -0.3 is 14.5 Å². The highest BCUT2D eigenvalue weighted by Gasteiger charge is 2.24. The predicted molar refractivity (Wildman–Crippen MR) is 95.7 cm³/mol. The number of amides is 1. The van der Waals surface area contributed by atoms with E-state index in [0.29, 0.717) is 16.5 Å². The molecule has 6 nitrogen and oxygen atoms in total. The van der Waals surface area contributed by atoms with E-state index in [1.807, 2.05) is 24.4 Å². The van der Waals surface area contributed by atoms with Crippen LogP contribution in [0.5, 0.6) is 0 Å². The topological polar surface area (TPSA) is 81.4 Å². The summed E-state index contributed by atoms with van der Waals surface area (Å²) < 4.78 is 10.1. The minimum Gasteiger partial charge on any atom is -0.469 e. The van der Waals surface area contributed by atoms with Gasteiger partial charge >= 0.3 is 5.97 Å². The molecule has 3 heterocycles. The first-order valence-electron chi connectivity index (χ1n) is 7.51. The quantitative estimate of drug-likeness (QED) is 0.662. The van der Waals surface area contributed by atoms with Crippen molar-refractivity contribution in [1.29, 1.82) is 0 Å². The second-order valence-corrected chi connectivity index (χ2v) is 7.41. The first-order chi connectivity index (χ1) is 12.1. The van der Waals surface area contributed by atoms with E-state index >= 15 is 0 Å². The van der Waals surface area contributed by atoms with Gasteiger partial charge in [0.2, 0.25) is 0 Å². The van der Waals surface area contributed by atoms with E-state index in [-0.39, 0.29) is 18.3 Å². The van der Waals surface area contributed by atoms with Gasteiger partial charge in [-0.1, -0.05) is 6.07 Å². The van der Waals surface area contributed by atoms with Gasteiger partial charge in [-0.15, -0.1) is 22.7 Å². The Hall–Kier alpha value is -2.45. The Bertz CT molecular complexity index is 853. The molecule has 0 aromatic carbocycles. The summed E-state index contributed by atoms with van der Waals surface area (Å²) in [6, 6.07) is 6.87. The van der Waals surface area contributed by atoms with Gasteiger partial charge in [0, 0.05) is 9.75 Å². The van der Waals surface area contributed by atoms with Gasteiger partial charge in [-0.3, -0.25) is 9.59 Å². The molecule has 1 atom stereocenters. The number of rotatable bonds is 6. The normalized spacial score (nSPS) is 11.9. The fourth-order valence-electron chi connectivity index (χ4n) is 2.30. The van der Waals surface area contributed by atoms with Crippen LogP contribution in [0.2, 0.25) is 0 Å². The molecule has 0 bridgehead atoms. The maximum absolute atomic E-state index is 12.7. The number of carbonyl (C=O) groups is 2. The van der Waals surface area contributed by atoms with Crippen LogP contribution in [0.4, 0.5) is 0 Å². The van der Waals surface area contributed by atoms with Crippen LogP contribution >= 0.6 is 22.7 Å². The number of nitrogens with one attached hydrogen (secondary N) is 1. The van der Waals surface area contributed by atoms with E-state index < -0.39 is 6.04 Å². The lowest BCUT2D eigenvalue weighted by atomic mass is 10.1. The number of carbonyl (C=O) groups excluding carboxylic acids is 2. The van der Waals surface area contributed by atoms with Gasteiger partial charge in [0.05, 0.1) is 25.8 Å². The Kier molecular flexibility index (Phi) is 5.30. The summed E-state index contributed by atoms with van der Waals surface area (Å²) in [5.41, 5.74) is 0.336. The second-order valence-electron chi connectivity index (χ2n) is 5.22. The first-order valence-corrected chi connectivity index (χ1v) is 9.20. The maximum atomic E-state index is 12.7. The molecule has 0 aliphatic carbocycles. The summed E-state index contributed by atoms with van der Waals surface area (Å²) in [6.45, 7) is 1.83. The Labute approximate surface area is 152 Å². The molecular formula is C17H16N2O4S2. The van der Waals surface area contributed by atoms with E-state index in [1.165, 1.54) is 29.8 Å². The van der Waals surface area contributed by atoms with E-state index in [2.05, 4.69) is 10.3 Å². The van der Waals surface area contributed by atoms with E-state index in [1.54, 1.807) is 18.4 Å². The summed E-state index contributed by atoms with van der Waals surface area (Å²) in [5, 5.41) is 5.43. The zero-order chi connectivity index (χ0) is 17.8. The number of methoxy groups -OCH3 is 1. The molecule has 130 valence electrons. The molecule has 0 aliphatic heterocycles. The Morgan fingerprint density at radius 2 is 2.20 bits per heavy atom. The fraction of sp³-hybridized carbons (Fsp3) is 0.235. The standard InChI is InChI=1S/C17H16N2O4S2/c1-10-15(19-17(25-10)12-5-3-7-23-12)16(21)18-11(9-14(20)22-2)13-6-4-8-24-13/h3-8,11H,9H2,1-2H3,(H,18,21). The molecule has 25 heavy (non-hydrogen) atoms. The average molecular weight is 376 g/mol. The molecule has 3 rings (SSSR count). The maximum Gasteiger partial charge on any atom is 0.307 e. The number of hydrogen-bond donors (Lipinski definition) is 1. The highest BCUT2D eigenvalue weighted by Crippen LogP contribution is 2.29. The number of aromatic nitrogens is 1. The number of furan rings is 1. The monoisotopic (exact) mass is 376 g/mol. The molecule has 1 amide bonds. The van der Waals surface area contributed by atoms with E-state index in [9.17, 15) is 9.59 Å². The Morgan fingerprint density at radius 3 is 2.84 bits per heavy atom. The van der Waals surface area contributed by atoms with Gasteiger partial charge in [0.25, 0.3) is 5.91 Å². The number of nitrogens with zero attached hydrogens (tertiary/aromatic N) is 1. The van der Waals surface area contributed by atoms with Crippen LogP contribution in [0.3, 0.4) is 0 Å². The van der Waals surface area contributed by atoms with Crippen LogP contribution in [-0.4, -0.2) is 24.0 Å². The molecular weight excluding hydrogens is 360 g/mol. The zero-order valence-electron chi connectivity index (χ0n) is 13.6. The molecule has 0 aliphatic rings. The molecule has 1 unspecified atom stereocenters. The number of ether oxygens (including phenoxy) is 1. The van der Waals surface area contributed by atoms with E-state index in [0.717, 1.165) is 9.75 Å². The third kappa shape index (κ3) is 3.97. The van der Waals surface area contributed by atoms with Crippen molar-refractivity contribution < 1.29 is 18.7 Å². The van der Waals surface area contributed by atoms with Gasteiger partial charge in [-0.25, -0.2) is 4.98 Å². The summed E-state index contributed by atoms with van der Waals surface area (Å²) in [5.74, 6) is -0.0876. The molecule has 3 aromatic rings. The van der Waals surface area contributed by atoms with Crippen molar-refractivity contribution in [1.82, 2.24) is 10.3 Å². The van der Waals surface area contributed by atoms with Crippen molar-refractivity contribution >= 4 is 34.6 Å². The SMILES string of the molecule is COC(=O)CC(NC(=O)c1nc(-c2ccco2)sc1C)c1cccs1. The summed E-state index contributed by atoms with van der Waals surface area (Å²) >= 11 is 2.86. The summed E-state index contributed by atoms with van der Waals surface area (Å²) in [6.07, 6.45) is 1.63. The highest BCUT2D eigenvalue weighted by atomic mass is 32.1. The highest BCUT2D eigenvalue weighted by molar-refractivity contribution is 7.15. The van der Waals surface area contributed by atoms with Crippen molar-refractivity contribution in [2.45, 2.75) is 19.4 Å². The number of hydrogen-bond acceptors (Lipinski definition) is 7. The van der Waals surface area contributed by atoms with Crippen LogP contribution in [0.1, 0.15) is 32.7 Å². The van der Waals surface area contributed by atoms with Crippen LogP contribution < -0.4 is 5.32 Å². The van der Waals surface area contributed by atoms with Crippen molar-refractivity contribution in [3.63, 3.8) is 0 Å². The van der Waals surface area contributed by atoms with Gasteiger partial charge in [0.1, 0.15) is 5.69 Å². The van der Waals surface area contributed by atoms with Crippen molar-refractivity contribution in [3.8, 4) is 10.8 Å². The minimum absolute atomic E-state index is 0.0664. The molecule has 0 radical (unpaired) electrons. The van der Waals surface area contributed by atoms with Crippen LogP contribution in [0.25, 0.3) is 10.8 Å². The second kappa shape index (κ2) is 7.62. The molecule has 0 saturated carbocycles. The fourth-order valence-corrected chi connectivity index (χ4v) is 3.96. The molecule has 8 heteroatoms. The molecule has 0 fully saturated rings. The summed E-state index contributed by atoms with van der Waals surface area (Å²) in [4.78, 5) is 30.4. The number of thiazole rings is 1. The number of esters is 1. The number of aryl methyl sites for hydroxylation is 1. The molecule has 0 spiro atoms. The van der Waals surface area contributed by atoms with Crippen molar-refractivity contribution in [2.24, 2.45) is 0 Å². The minimum atomic E-state index is -0.451. The largest absolute Gasteiger partial charge is 0.469 e. The van der Waals surface area contributed by atoms with Crippen molar-refractivity contribution in [3.05, 3.63) is 51.4 Å². The molecule has 3 aromatic heterocycles. The zero-order valence-corrected chi connectivity index (χ0v) is 15.3. The van der Waals surface area contributed by atoms with Gasteiger partial charge in [-0.05, 0) is 30.5 Å². The smallest absolute Gasteiger partial charge is 0.307 e. The third-order valence-corrected chi connectivity index (χ3v) is 5.51. The first kappa shape index (κ1) is 17.4. The Morgan fingerprint density at radius 1 is 1.36 bits per heavy atom. The lowest BCUT2D eigenvalue weighted by molar-refractivity contribution is -0.141. The van der Waals surface area contributed by atoms with Crippen LogP contribution in [0, 0.1) is 6.92 Å². The van der Waals surface area contributed by atoms with Crippen LogP contribution in [-0.2, 0) is 9.53 Å².